The summed E-state index contributed by atoms with van der Waals surface area (Å²) in [6, 6.07) is 23.2. The third-order valence-corrected chi connectivity index (χ3v) is 6.10. The van der Waals surface area contributed by atoms with Crippen molar-refractivity contribution in [3.8, 4) is 0 Å². The van der Waals surface area contributed by atoms with E-state index in [0.717, 1.165) is 33.8 Å². The third kappa shape index (κ3) is 4.44. The first-order valence-electron chi connectivity index (χ1n) is 9.56. The van der Waals surface area contributed by atoms with Crippen LogP contribution in [0, 0.1) is 0 Å². The average molecular weight is 406 g/mol. The van der Waals surface area contributed by atoms with Gasteiger partial charge in [-0.1, -0.05) is 54.6 Å². The highest BCUT2D eigenvalue weighted by Gasteiger charge is 2.26. The van der Waals surface area contributed by atoms with Crippen molar-refractivity contribution < 1.29 is 8.42 Å². The summed E-state index contributed by atoms with van der Waals surface area (Å²) < 4.78 is 24.5. The first-order valence-corrected chi connectivity index (χ1v) is 11.1. The third-order valence-electron chi connectivity index (χ3n) is 5.11. The lowest BCUT2D eigenvalue weighted by molar-refractivity contribution is 0.489. The quantitative estimate of drug-likeness (QED) is 0.683. The van der Waals surface area contributed by atoms with Crippen molar-refractivity contribution in [2.24, 2.45) is 15.1 Å². The molecule has 0 aliphatic carbocycles. The SMILES string of the molecule is CC1(Cc2ccc(CCc3ccccc3)c(S(N)(=O)=O)c2)N=c2ccccc2=N1. The number of hydrogen-bond donors (Lipinski definition) is 1. The summed E-state index contributed by atoms with van der Waals surface area (Å²) in [7, 11) is -3.83. The molecule has 0 radical (unpaired) electrons. The maximum atomic E-state index is 12.2. The summed E-state index contributed by atoms with van der Waals surface area (Å²) in [6.45, 7) is 1.95. The van der Waals surface area contributed by atoms with Crippen LogP contribution in [0.1, 0.15) is 23.6 Å². The Bertz CT molecular complexity index is 1230. The van der Waals surface area contributed by atoms with Gasteiger partial charge in [0.1, 0.15) is 0 Å². The van der Waals surface area contributed by atoms with Crippen molar-refractivity contribution in [2.75, 3.05) is 0 Å². The molecule has 0 aromatic heterocycles. The smallest absolute Gasteiger partial charge is 0.238 e. The van der Waals surface area contributed by atoms with Crippen molar-refractivity contribution in [1.82, 2.24) is 0 Å². The van der Waals surface area contributed by atoms with Gasteiger partial charge in [-0.05, 0) is 54.7 Å². The van der Waals surface area contributed by atoms with E-state index in [9.17, 15) is 8.42 Å². The van der Waals surface area contributed by atoms with Gasteiger partial charge in [0.15, 0.2) is 5.66 Å². The van der Waals surface area contributed by atoms with E-state index in [-0.39, 0.29) is 4.90 Å². The van der Waals surface area contributed by atoms with Gasteiger partial charge in [0.25, 0.3) is 0 Å². The van der Waals surface area contributed by atoms with Gasteiger partial charge in [-0.15, -0.1) is 0 Å². The van der Waals surface area contributed by atoms with E-state index < -0.39 is 15.7 Å². The summed E-state index contributed by atoms with van der Waals surface area (Å²) in [6.07, 6.45) is 1.86. The van der Waals surface area contributed by atoms with Crippen molar-refractivity contribution >= 4 is 10.0 Å². The number of hydrogen-bond acceptors (Lipinski definition) is 4. The molecule has 1 heterocycles. The summed E-state index contributed by atoms with van der Waals surface area (Å²) in [5, 5.41) is 7.26. The van der Waals surface area contributed by atoms with Crippen molar-refractivity contribution in [1.29, 1.82) is 0 Å². The van der Waals surface area contributed by atoms with Crippen LogP contribution < -0.4 is 15.9 Å². The Morgan fingerprint density at radius 1 is 0.828 bits per heavy atom. The van der Waals surface area contributed by atoms with Crippen molar-refractivity contribution in [3.05, 3.63) is 100 Å². The van der Waals surface area contributed by atoms with E-state index in [1.807, 2.05) is 73.7 Å². The van der Waals surface area contributed by atoms with Gasteiger partial charge >= 0.3 is 0 Å². The zero-order valence-corrected chi connectivity index (χ0v) is 17.1. The molecule has 3 aromatic carbocycles. The molecule has 0 amide bonds. The summed E-state index contributed by atoms with van der Waals surface area (Å²) in [5.41, 5.74) is 2.09. The summed E-state index contributed by atoms with van der Waals surface area (Å²) >= 11 is 0. The van der Waals surface area contributed by atoms with Gasteiger partial charge in [-0.3, -0.25) is 9.98 Å². The molecule has 0 unspecified atom stereocenters. The van der Waals surface area contributed by atoms with Gasteiger partial charge in [-0.2, -0.15) is 0 Å². The Balaban J connectivity index is 1.62. The minimum absolute atomic E-state index is 0.185. The van der Waals surface area contributed by atoms with Gasteiger partial charge < -0.3 is 0 Å². The summed E-state index contributed by atoms with van der Waals surface area (Å²) in [4.78, 5) is 9.63. The van der Waals surface area contributed by atoms with Crippen LogP contribution in [-0.2, 0) is 29.3 Å². The Morgan fingerprint density at radius 2 is 1.45 bits per heavy atom. The molecule has 1 aliphatic heterocycles. The molecule has 0 spiro atoms. The molecule has 2 N–H and O–H groups in total. The molecule has 0 bridgehead atoms. The molecule has 0 fully saturated rings. The molecular weight excluding hydrogens is 382 g/mol. The van der Waals surface area contributed by atoms with Gasteiger partial charge in [0.05, 0.1) is 15.6 Å². The highest BCUT2D eigenvalue weighted by atomic mass is 32.2. The van der Waals surface area contributed by atoms with E-state index >= 15 is 0 Å². The van der Waals surface area contributed by atoms with Crippen LogP contribution in [0.3, 0.4) is 0 Å². The number of benzene rings is 3. The van der Waals surface area contributed by atoms with Gasteiger partial charge in [0, 0.05) is 6.42 Å². The molecule has 6 heteroatoms. The molecule has 4 rings (SSSR count). The molecule has 29 heavy (non-hydrogen) atoms. The molecule has 148 valence electrons. The second kappa shape index (κ2) is 7.54. The normalized spacial score (nSPS) is 14.7. The molecule has 3 aromatic rings. The first kappa shape index (κ1) is 19.5. The van der Waals surface area contributed by atoms with Crippen LogP contribution in [-0.4, -0.2) is 14.1 Å². The Labute approximate surface area is 170 Å². The fraction of sp³-hybridized carbons (Fsp3) is 0.217. The maximum Gasteiger partial charge on any atom is 0.238 e. The average Bonchev–Trinajstić information content (AvgIpc) is 3.02. The second-order valence-corrected chi connectivity index (χ2v) is 9.11. The number of rotatable bonds is 6. The van der Waals surface area contributed by atoms with Crippen LogP contribution in [0.15, 0.2) is 87.7 Å². The Kier molecular flexibility index (Phi) is 5.06. The lowest BCUT2D eigenvalue weighted by atomic mass is 9.99. The lowest BCUT2D eigenvalue weighted by Crippen LogP contribution is -2.22. The highest BCUT2D eigenvalue weighted by Crippen LogP contribution is 2.24. The second-order valence-electron chi connectivity index (χ2n) is 7.58. The van der Waals surface area contributed by atoms with Crippen LogP contribution in [0.25, 0.3) is 0 Å². The minimum Gasteiger partial charge on any atom is -0.253 e. The predicted octanol–water partition coefficient (Wildman–Crippen LogP) is 2.33. The number of primary sulfonamides is 1. The summed E-state index contributed by atoms with van der Waals surface area (Å²) in [5.74, 6) is 0. The van der Waals surface area contributed by atoms with Crippen LogP contribution in [0.2, 0.25) is 0 Å². The zero-order chi connectivity index (χ0) is 20.5. The molecule has 1 aliphatic rings. The monoisotopic (exact) mass is 405 g/mol. The Hall–Kier alpha value is -2.83. The fourth-order valence-electron chi connectivity index (χ4n) is 3.77. The number of sulfonamides is 1. The van der Waals surface area contributed by atoms with E-state index in [2.05, 4.69) is 0 Å². The van der Waals surface area contributed by atoms with Crippen molar-refractivity contribution in [3.63, 3.8) is 0 Å². The fourth-order valence-corrected chi connectivity index (χ4v) is 4.62. The largest absolute Gasteiger partial charge is 0.253 e. The number of fused-ring (bicyclic) bond motifs is 1. The number of aryl methyl sites for hydroxylation is 2. The number of nitrogens with two attached hydrogens (primary N) is 1. The number of nitrogens with zero attached hydrogens (tertiary/aromatic N) is 2. The number of para-hydroxylation sites is 2. The predicted molar refractivity (Wildman–Crippen MR) is 113 cm³/mol. The first-order chi connectivity index (χ1) is 13.8. The van der Waals surface area contributed by atoms with Crippen LogP contribution in [0.5, 0.6) is 0 Å². The molecular formula is C23H23N3O2S. The van der Waals surface area contributed by atoms with E-state index in [0.29, 0.717) is 12.8 Å². The van der Waals surface area contributed by atoms with Crippen LogP contribution in [0.4, 0.5) is 0 Å². The highest BCUT2D eigenvalue weighted by molar-refractivity contribution is 7.89. The molecule has 0 atom stereocenters. The van der Waals surface area contributed by atoms with Crippen molar-refractivity contribution in [2.45, 2.75) is 36.7 Å². The van der Waals surface area contributed by atoms with E-state index in [4.69, 9.17) is 15.1 Å². The van der Waals surface area contributed by atoms with E-state index in [1.165, 1.54) is 0 Å². The molecule has 0 saturated carbocycles. The zero-order valence-electron chi connectivity index (χ0n) is 16.2. The standard InChI is InChI=1S/C23H23N3O2S/c1-23(25-20-9-5-6-10-21(20)26-23)16-18-12-14-19(22(15-18)29(24,27)28)13-11-17-7-3-2-4-8-17/h2-10,12,14-15H,11,13,16H2,1H3,(H2,24,27,28). The lowest BCUT2D eigenvalue weighted by Gasteiger charge is -2.19. The minimum atomic E-state index is -3.83. The van der Waals surface area contributed by atoms with Gasteiger partial charge in [0.2, 0.25) is 10.0 Å². The topological polar surface area (TPSA) is 84.9 Å². The van der Waals surface area contributed by atoms with Gasteiger partial charge in [-0.25, -0.2) is 13.6 Å². The Morgan fingerprint density at radius 3 is 2.07 bits per heavy atom. The molecule has 5 nitrogen and oxygen atoms in total. The van der Waals surface area contributed by atoms with Crippen LogP contribution >= 0.6 is 0 Å². The molecule has 0 saturated heterocycles. The maximum absolute atomic E-state index is 12.2. The van der Waals surface area contributed by atoms with E-state index in [1.54, 1.807) is 6.07 Å².